The van der Waals surface area contributed by atoms with Crippen LogP contribution < -0.4 is 5.56 Å². The van der Waals surface area contributed by atoms with Gasteiger partial charge in [0.05, 0.1) is 17.4 Å². The maximum atomic E-state index is 12.5. The zero-order valence-electron chi connectivity index (χ0n) is 16.0. The first kappa shape index (κ1) is 19.5. The molecule has 1 fully saturated rings. The normalized spacial score (nSPS) is 14.2. The number of carbonyl (C=O) groups is 3. The molecule has 0 unspecified atom stereocenters. The van der Waals surface area contributed by atoms with Crippen LogP contribution in [-0.4, -0.2) is 69.2 Å². The monoisotopic (exact) mass is 385 g/mol. The highest BCUT2D eigenvalue weighted by molar-refractivity contribution is 6.01. The fraction of sp³-hybridized carbons (Fsp3) is 0.421. The van der Waals surface area contributed by atoms with Crippen LogP contribution in [0.5, 0.6) is 0 Å². The molecular formula is C19H23N5O4. The molecule has 0 bridgehead atoms. The summed E-state index contributed by atoms with van der Waals surface area (Å²) in [4.78, 5) is 59.6. The molecule has 1 N–H and O–H groups in total. The first-order chi connectivity index (χ1) is 13.4. The number of amides is 4. The van der Waals surface area contributed by atoms with Crippen molar-refractivity contribution in [2.75, 3.05) is 26.7 Å². The van der Waals surface area contributed by atoms with Crippen LogP contribution in [0.2, 0.25) is 0 Å². The molecule has 3 rings (SSSR count). The lowest BCUT2D eigenvalue weighted by Gasteiger charge is -2.21. The van der Waals surface area contributed by atoms with E-state index in [2.05, 4.69) is 9.97 Å². The Kier molecular flexibility index (Phi) is 5.72. The number of likely N-dealkylation sites (N-methyl/N-ethyl adjacent to an activating group) is 1. The SMILES string of the molecule is CCN(Cc1nc2ccccc2c(=O)[nH]1)C(=O)CCCN1C(=O)CN(C)C1=O. The molecule has 28 heavy (non-hydrogen) atoms. The van der Waals surface area contributed by atoms with Gasteiger partial charge in [-0.1, -0.05) is 12.1 Å². The summed E-state index contributed by atoms with van der Waals surface area (Å²) in [6, 6.07) is 6.70. The van der Waals surface area contributed by atoms with E-state index in [0.717, 1.165) is 0 Å². The molecule has 1 aliphatic rings. The predicted octanol–water partition coefficient (Wildman–Crippen LogP) is 0.946. The lowest BCUT2D eigenvalue weighted by molar-refractivity contribution is -0.132. The van der Waals surface area contributed by atoms with Crippen molar-refractivity contribution >= 4 is 28.7 Å². The number of fused-ring (bicyclic) bond motifs is 1. The summed E-state index contributed by atoms with van der Waals surface area (Å²) < 4.78 is 0. The van der Waals surface area contributed by atoms with Crippen LogP contribution in [0.25, 0.3) is 10.9 Å². The first-order valence-electron chi connectivity index (χ1n) is 9.22. The number of hydrogen-bond acceptors (Lipinski definition) is 5. The number of urea groups is 1. The van der Waals surface area contributed by atoms with Crippen molar-refractivity contribution in [2.24, 2.45) is 0 Å². The number of benzene rings is 1. The fourth-order valence-electron chi connectivity index (χ4n) is 3.20. The summed E-state index contributed by atoms with van der Waals surface area (Å²) in [6.07, 6.45) is 0.592. The number of rotatable bonds is 7. The molecule has 9 nitrogen and oxygen atoms in total. The largest absolute Gasteiger partial charge is 0.336 e. The Morgan fingerprint density at radius 3 is 2.68 bits per heavy atom. The van der Waals surface area contributed by atoms with E-state index in [1.165, 1.54) is 9.80 Å². The molecule has 1 aromatic heterocycles. The molecule has 1 aromatic carbocycles. The average Bonchev–Trinajstić information content (AvgIpc) is 2.92. The Balaban J connectivity index is 1.60. The summed E-state index contributed by atoms with van der Waals surface area (Å²) in [6.45, 7) is 2.80. The first-order valence-corrected chi connectivity index (χ1v) is 9.22. The number of imide groups is 1. The lowest BCUT2D eigenvalue weighted by Crippen LogP contribution is -2.35. The van der Waals surface area contributed by atoms with Gasteiger partial charge in [0.25, 0.3) is 5.56 Å². The Hall–Kier alpha value is -3.23. The molecule has 2 heterocycles. The van der Waals surface area contributed by atoms with Crippen molar-refractivity contribution in [1.82, 2.24) is 24.7 Å². The van der Waals surface area contributed by atoms with E-state index in [9.17, 15) is 19.2 Å². The van der Waals surface area contributed by atoms with Gasteiger partial charge < -0.3 is 14.8 Å². The molecule has 0 atom stereocenters. The Labute approximate surface area is 161 Å². The number of aromatic amines is 1. The summed E-state index contributed by atoms with van der Waals surface area (Å²) in [5, 5.41) is 0.505. The van der Waals surface area contributed by atoms with Gasteiger partial charge in [0.2, 0.25) is 11.8 Å². The molecule has 148 valence electrons. The quantitative estimate of drug-likeness (QED) is 0.714. The van der Waals surface area contributed by atoms with Crippen molar-refractivity contribution in [2.45, 2.75) is 26.3 Å². The number of H-pyrrole nitrogens is 1. The second-order valence-electron chi connectivity index (χ2n) is 6.73. The summed E-state index contributed by atoms with van der Waals surface area (Å²) in [5.74, 6) is 0.0569. The van der Waals surface area contributed by atoms with Crippen LogP contribution in [0.4, 0.5) is 4.79 Å². The Morgan fingerprint density at radius 1 is 1.25 bits per heavy atom. The number of aromatic nitrogens is 2. The van der Waals surface area contributed by atoms with Gasteiger partial charge in [-0.05, 0) is 25.5 Å². The second kappa shape index (κ2) is 8.20. The van der Waals surface area contributed by atoms with E-state index in [1.54, 1.807) is 36.2 Å². The van der Waals surface area contributed by atoms with Crippen molar-refractivity contribution in [3.63, 3.8) is 0 Å². The summed E-state index contributed by atoms with van der Waals surface area (Å²) in [5.41, 5.74) is 0.346. The van der Waals surface area contributed by atoms with E-state index in [0.29, 0.717) is 29.7 Å². The maximum absolute atomic E-state index is 12.5. The van der Waals surface area contributed by atoms with Gasteiger partial charge in [-0.25, -0.2) is 9.78 Å². The molecular weight excluding hydrogens is 362 g/mol. The van der Waals surface area contributed by atoms with E-state index in [1.807, 2.05) is 6.92 Å². The van der Waals surface area contributed by atoms with Crippen molar-refractivity contribution < 1.29 is 14.4 Å². The smallest absolute Gasteiger partial charge is 0.326 e. The third kappa shape index (κ3) is 4.03. The molecule has 0 radical (unpaired) electrons. The fourth-order valence-corrected chi connectivity index (χ4v) is 3.20. The van der Waals surface area contributed by atoms with Crippen LogP contribution in [-0.2, 0) is 16.1 Å². The minimum Gasteiger partial charge on any atom is -0.336 e. The zero-order valence-corrected chi connectivity index (χ0v) is 16.0. The Morgan fingerprint density at radius 2 is 2.00 bits per heavy atom. The van der Waals surface area contributed by atoms with E-state index >= 15 is 0 Å². The number of nitrogens with zero attached hydrogens (tertiary/aromatic N) is 4. The zero-order chi connectivity index (χ0) is 20.3. The second-order valence-corrected chi connectivity index (χ2v) is 6.73. The number of para-hydroxylation sites is 1. The van der Waals surface area contributed by atoms with Crippen LogP contribution in [0.3, 0.4) is 0 Å². The summed E-state index contributed by atoms with van der Waals surface area (Å²) >= 11 is 0. The molecule has 0 saturated carbocycles. The average molecular weight is 385 g/mol. The van der Waals surface area contributed by atoms with Gasteiger partial charge in [-0.2, -0.15) is 0 Å². The number of carbonyl (C=O) groups excluding carboxylic acids is 3. The summed E-state index contributed by atoms with van der Waals surface area (Å²) in [7, 11) is 1.57. The molecule has 0 spiro atoms. The van der Waals surface area contributed by atoms with Gasteiger partial charge in [0, 0.05) is 26.6 Å². The molecule has 1 saturated heterocycles. The predicted molar refractivity (Wildman–Crippen MR) is 102 cm³/mol. The highest BCUT2D eigenvalue weighted by atomic mass is 16.2. The van der Waals surface area contributed by atoms with Gasteiger partial charge in [-0.15, -0.1) is 0 Å². The third-order valence-corrected chi connectivity index (χ3v) is 4.74. The standard InChI is InChI=1S/C19H23N5O4/c1-3-23(11-15-20-14-8-5-4-7-13(14)18(27)21-15)16(25)9-6-10-24-17(26)12-22(2)19(24)28/h4-5,7-8H,3,6,9-12H2,1-2H3,(H,20,21,27). The Bertz CT molecular complexity index is 970. The van der Waals surface area contributed by atoms with Gasteiger partial charge in [0.1, 0.15) is 12.4 Å². The van der Waals surface area contributed by atoms with Crippen LogP contribution in [0.1, 0.15) is 25.6 Å². The molecule has 4 amide bonds. The van der Waals surface area contributed by atoms with Crippen LogP contribution in [0.15, 0.2) is 29.1 Å². The van der Waals surface area contributed by atoms with Crippen molar-refractivity contribution in [3.05, 3.63) is 40.4 Å². The number of hydrogen-bond donors (Lipinski definition) is 1. The minimum absolute atomic E-state index is 0.0782. The van der Waals surface area contributed by atoms with Gasteiger partial charge in [-0.3, -0.25) is 19.3 Å². The van der Waals surface area contributed by atoms with E-state index in [4.69, 9.17) is 0 Å². The van der Waals surface area contributed by atoms with Crippen LogP contribution >= 0.6 is 0 Å². The van der Waals surface area contributed by atoms with Gasteiger partial charge in [0.15, 0.2) is 0 Å². The maximum Gasteiger partial charge on any atom is 0.326 e. The lowest BCUT2D eigenvalue weighted by atomic mass is 10.2. The highest BCUT2D eigenvalue weighted by Crippen LogP contribution is 2.11. The van der Waals surface area contributed by atoms with Crippen molar-refractivity contribution in [3.8, 4) is 0 Å². The molecule has 9 heteroatoms. The minimum atomic E-state index is -0.331. The van der Waals surface area contributed by atoms with Crippen LogP contribution in [0, 0.1) is 0 Å². The molecule has 0 aliphatic carbocycles. The molecule has 2 aromatic rings. The van der Waals surface area contributed by atoms with E-state index < -0.39 is 0 Å². The molecule has 1 aliphatic heterocycles. The topological polar surface area (TPSA) is 107 Å². The van der Waals surface area contributed by atoms with E-state index in [-0.39, 0.29) is 49.5 Å². The van der Waals surface area contributed by atoms with Crippen molar-refractivity contribution in [1.29, 1.82) is 0 Å². The highest BCUT2D eigenvalue weighted by Gasteiger charge is 2.33. The number of nitrogens with one attached hydrogen (secondary N) is 1. The third-order valence-electron chi connectivity index (χ3n) is 4.74. The van der Waals surface area contributed by atoms with Gasteiger partial charge >= 0.3 is 6.03 Å².